The molecule has 2 heterocycles. The Morgan fingerprint density at radius 2 is 1.92 bits per heavy atom. The van der Waals surface area contributed by atoms with Gasteiger partial charge < -0.3 is 19.4 Å². The molecule has 1 fully saturated rings. The van der Waals surface area contributed by atoms with Crippen LogP contribution in [0.5, 0.6) is 0 Å². The number of oxime groups is 1. The topological polar surface area (TPSA) is 104 Å². The summed E-state index contributed by atoms with van der Waals surface area (Å²) in [5, 5.41) is 21.8. The third kappa shape index (κ3) is 6.92. The van der Waals surface area contributed by atoms with Crippen molar-refractivity contribution in [1.29, 1.82) is 5.26 Å². The van der Waals surface area contributed by atoms with E-state index in [1.165, 1.54) is 19.3 Å². The second-order valence-electron chi connectivity index (χ2n) is 9.66. The minimum atomic E-state index is -0.620. The molecule has 0 spiro atoms. The Kier molecular flexibility index (Phi) is 9.20. The van der Waals surface area contributed by atoms with Crippen LogP contribution in [-0.2, 0) is 11.9 Å². The van der Waals surface area contributed by atoms with Crippen molar-refractivity contribution in [2.45, 2.75) is 57.6 Å². The molecule has 2 aromatic heterocycles. The van der Waals surface area contributed by atoms with E-state index in [9.17, 15) is 4.79 Å². The Balaban J connectivity index is 0.000000223. The van der Waals surface area contributed by atoms with Crippen molar-refractivity contribution in [3.8, 4) is 6.07 Å². The molecule has 0 unspecified atom stereocenters. The predicted molar refractivity (Wildman–Crippen MR) is 143 cm³/mol. The first-order valence-corrected chi connectivity index (χ1v) is 12.3. The van der Waals surface area contributed by atoms with Crippen molar-refractivity contribution in [3.63, 3.8) is 0 Å². The second-order valence-corrected chi connectivity index (χ2v) is 9.66. The van der Waals surface area contributed by atoms with E-state index in [-0.39, 0.29) is 12.2 Å². The van der Waals surface area contributed by atoms with E-state index in [0.717, 1.165) is 35.1 Å². The fourth-order valence-electron chi connectivity index (χ4n) is 4.11. The number of anilines is 1. The van der Waals surface area contributed by atoms with Crippen LogP contribution >= 0.6 is 0 Å². The molecular formula is C28H35N5O3. The summed E-state index contributed by atoms with van der Waals surface area (Å²) in [6.45, 7) is 3.49. The molecule has 0 bridgehead atoms. The average Bonchev–Trinajstić information content (AvgIpc) is 2.91. The monoisotopic (exact) mass is 489 g/mol. The Morgan fingerprint density at radius 1 is 1.22 bits per heavy atom. The highest BCUT2D eigenvalue weighted by molar-refractivity contribution is 5.88. The number of aryl methyl sites for hydroxylation is 1. The zero-order valence-corrected chi connectivity index (χ0v) is 21.5. The van der Waals surface area contributed by atoms with Crippen LogP contribution in [0.3, 0.4) is 0 Å². The van der Waals surface area contributed by atoms with E-state index in [0.29, 0.717) is 11.7 Å². The molecule has 1 aliphatic carbocycles. The number of rotatable bonds is 6. The number of nitrogens with zero attached hydrogens (tertiary/aromatic N) is 5. The SMILES string of the molecule is CC(C)(CO)O/N=C\c1ccccc1.CN(c1cc(=O)n(C)c2ccc(C#N)nc12)C1CCCCC1. The van der Waals surface area contributed by atoms with Crippen LogP contribution in [0.2, 0.25) is 0 Å². The molecule has 0 amide bonds. The van der Waals surface area contributed by atoms with Crippen molar-refractivity contribution in [1.82, 2.24) is 9.55 Å². The highest BCUT2D eigenvalue weighted by Crippen LogP contribution is 2.29. The summed E-state index contributed by atoms with van der Waals surface area (Å²) in [5.74, 6) is 0. The van der Waals surface area contributed by atoms with Gasteiger partial charge in [-0.25, -0.2) is 4.98 Å². The summed E-state index contributed by atoms with van der Waals surface area (Å²) in [4.78, 5) is 24.0. The normalized spacial score (nSPS) is 14.2. The first kappa shape index (κ1) is 26.9. The standard InChI is InChI=1S/C17H20N4O.C11H15NO2/c1-20(13-6-4-3-5-7-13)15-10-16(22)21(2)14-9-8-12(11-18)19-17(14)15;1-11(2,9-13)14-12-8-10-6-4-3-5-7-10/h8-10,13H,3-7H2,1-2H3;3-8,13H,9H2,1-2H3/b;12-8-. The van der Waals surface area contributed by atoms with Crippen molar-refractivity contribution in [2.24, 2.45) is 12.2 Å². The molecule has 8 nitrogen and oxygen atoms in total. The number of aliphatic hydroxyl groups is 1. The lowest BCUT2D eigenvalue weighted by atomic mass is 9.94. The van der Waals surface area contributed by atoms with E-state index in [1.54, 1.807) is 49.9 Å². The van der Waals surface area contributed by atoms with Crippen LogP contribution in [0, 0.1) is 11.3 Å². The molecule has 0 atom stereocenters. The van der Waals surface area contributed by atoms with E-state index >= 15 is 0 Å². The third-order valence-corrected chi connectivity index (χ3v) is 6.37. The number of benzene rings is 1. The van der Waals surface area contributed by atoms with Crippen LogP contribution in [0.4, 0.5) is 5.69 Å². The van der Waals surface area contributed by atoms with Crippen LogP contribution in [0.15, 0.2) is 58.5 Å². The summed E-state index contributed by atoms with van der Waals surface area (Å²) in [5.41, 5.74) is 3.02. The van der Waals surface area contributed by atoms with Gasteiger partial charge in [0.05, 0.1) is 24.0 Å². The van der Waals surface area contributed by atoms with Crippen LogP contribution < -0.4 is 10.5 Å². The lowest BCUT2D eigenvalue weighted by Crippen LogP contribution is -2.34. The highest BCUT2D eigenvalue weighted by atomic mass is 16.7. The quantitative estimate of drug-likeness (QED) is 0.407. The van der Waals surface area contributed by atoms with Gasteiger partial charge in [0.1, 0.15) is 17.3 Å². The van der Waals surface area contributed by atoms with Crippen molar-refractivity contribution < 1.29 is 9.94 Å². The first-order chi connectivity index (χ1) is 17.3. The smallest absolute Gasteiger partial charge is 0.252 e. The number of hydrogen-bond acceptors (Lipinski definition) is 7. The maximum absolute atomic E-state index is 12.2. The molecule has 0 saturated heterocycles. The lowest BCUT2D eigenvalue weighted by Gasteiger charge is -2.33. The summed E-state index contributed by atoms with van der Waals surface area (Å²) >= 11 is 0. The molecule has 190 valence electrons. The fraction of sp³-hybridized carbons (Fsp3) is 0.429. The molecule has 4 rings (SSSR count). The third-order valence-electron chi connectivity index (χ3n) is 6.37. The molecule has 1 aromatic carbocycles. The number of aromatic nitrogens is 2. The van der Waals surface area contributed by atoms with Gasteiger partial charge in [0, 0.05) is 26.2 Å². The summed E-state index contributed by atoms with van der Waals surface area (Å²) in [6.07, 6.45) is 7.66. The van der Waals surface area contributed by atoms with E-state index < -0.39 is 5.60 Å². The Morgan fingerprint density at radius 3 is 2.56 bits per heavy atom. The molecule has 1 N–H and O–H groups in total. The number of nitriles is 1. The van der Waals surface area contributed by atoms with Crippen molar-refractivity contribution in [2.75, 3.05) is 18.6 Å². The van der Waals surface area contributed by atoms with E-state index in [2.05, 4.69) is 21.1 Å². The maximum Gasteiger partial charge on any atom is 0.252 e. The van der Waals surface area contributed by atoms with Crippen molar-refractivity contribution >= 4 is 22.9 Å². The van der Waals surface area contributed by atoms with Gasteiger partial charge in [-0.1, -0.05) is 54.8 Å². The summed E-state index contributed by atoms with van der Waals surface area (Å²) in [6, 6.07) is 17.3. The van der Waals surface area contributed by atoms with Crippen LogP contribution in [-0.4, -0.2) is 46.2 Å². The fourth-order valence-corrected chi connectivity index (χ4v) is 4.11. The Labute approximate surface area is 212 Å². The molecule has 3 aromatic rings. The Hall–Kier alpha value is -3.70. The number of fused-ring (bicyclic) bond motifs is 1. The van der Waals surface area contributed by atoms with Gasteiger partial charge in [-0.3, -0.25) is 4.79 Å². The predicted octanol–water partition coefficient (Wildman–Crippen LogP) is 4.38. The minimum Gasteiger partial charge on any atom is -0.392 e. The van der Waals surface area contributed by atoms with Gasteiger partial charge in [0.2, 0.25) is 0 Å². The molecule has 1 aliphatic rings. The zero-order chi connectivity index (χ0) is 26.1. The summed E-state index contributed by atoms with van der Waals surface area (Å²) < 4.78 is 1.59. The van der Waals surface area contributed by atoms with Gasteiger partial charge in [-0.05, 0) is 44.4 Å². The van der Waals surface area contributed by atoms with Gasteiger partial charge >= 0.3 is 0 Å². The maximum atomic E-state index is 12.2. The minimum absolute atomic E-state index is 0.0448. The lowest BCUT2D eigenvalue weighted by molar-refractivity contribution is -0.0506. The molecule has 0 aliphatic heterocycles. The van der Waals surface area contributed by atoms with Crippen LogP contribution in [0.25, 0.3) is 11.0 Å². The van der Waals surface area contributed by atoms with Gasteiger partial charge in [-0.2, -0.15) is 5.26 Å². The molecular weight excluding hydrogens is 454 g/mol. The van der Waals surface area contributed by atoms with E-state index in [1.807, 2.05) is 37.4 Å². The molecule has 36 heavy (non-hydrogen) atoms. The number of pyridine rings is 2. The number of hydrogen-bond donors (Lipinski definition) is 1. The van der Waals surface area contributed by atoms with Crippen LogP contribution in [0.1, 0.15) is 57.2 Å². The largest absolute Gasteiger partial charge is 0.392 e. The summed E-state index contributed by atoms with van der Waals surface area (Å²) in [7, 11) is 3.77. The second kappa shape index (κ2) is 12.3. The Bertz CT molecular complexity index is 1270. The first-order valence-electron chi connectivity index (χ1n) is 12.3. The van der Waals surface area contributed by atoms with Gasteiger partial charge in [0.25, 0.3) is 5.56 Å². The average molecular weight is 490 g/mol. The van der Waals surface area contributed by atoms with Gasteiger partial charge in [-0.15, -0.1) is 0 Å². The number of aliphatic hydroxyl groups excluding tert-OH is 1. The zero-order valence-electron chi connectivity index (χ0n) is 21.5. The van der Waals surface area contributed by atoms with E-state index in [4.69, 9.17) is 15.2 Å². The molecule has 8 heteroatoms. The van der Waals surface area contributed by atoms with Crippen molar-refractivity contribution in [3.05, 3.63) is 70.1 Å². The highest BCUT2D eigenvalue weighted by Gasteiger charge is 2.21. The van der Waals surface area contributed by atoms with Gasteiger partial charge in [0.15, 0.2) is 5.60 Å². The molecule has 0 radical (unpaired) electrons. The molecule has 1 saturated carbocycles.